The third kappa shape index (κ3) is 4.46. The maximum atomic E-state index is 13.5. The van der Waals surface area contributed by atoms with Crippen molar-refractivity contribution < 1.29 is 23.8 Å². The quantitative estimate of drug-likeness (QED) is 0.624. The summed E-state index contributed by atoms with van der Waals surface area (Å²) in [7, 11) is 0. The molecule has 2 aromatic rings. The second-order valence-electron chi connectivity index (χ2n) is 7.92. The minimum Gasteiger partial charge on any atom is -0.464 e. The van der Waals surface area contributed by atoms with Crippen molar-refractivity contribution in [1.82, 2.24) is 19.9 Å². The molecule has 2 fully saturated rings. The van der Waals surface area contributed by atoms with Crippen molar-refractivity contribution in [1.29, 1.82) is 0 Å². The zero-order chi connectivity index (χ0) is 22.0. The van der Waals surface area contributed by atoms with Crippen LogP contribution in [-0.2, 0) is 25.5 Å². The van der Waals surface area contributed by atoms with E-state index in [-0.39, 0.29) is 36.5 Å². The molecule has 1 aromatic heterocycles. The maximum absolute atomic E-state index is 13.5. The van der Waals surface area contributed by atoms with Crippen LogP contribution in [0.3, 0.4) is 0 Å². The predicted octanol–water partition coefficient (Wildman–Crippen LogP) is 2.25. The molecule has 0 spiro atoms. The molecule has 2 saturated heterocycles. The molecule has 1 aromatic carbocycles. The van der Waals surface area contributed by atoms with Crippen LogP contribution in [0.5, 0.6) is 0 Å². The number of ether oxygens (including phenoxy) is 3. The summed E-state index contributed by atoms with van der Waals surface area (Å²) in [5, 5.41) is 7.88. The molecule has 2 unspecified atom stereocenters. The molecule has 9 nitrogen and oxygen atoms in total. The monoisotopic (exact) mass is 446 g/mol. The zero-order valence-electron chi connectivity index (χ0n) is 17.8. The number of benzene rings is 1. The molecule has 3 heterocycles. The Labute approximate surface area is 185 Å². The van der Waals surface area contributed by atoms with Gasteiger partial charge in [-0.15, -0.1) is 16.9 Å². The molecule has 0 bridgehead atoms. The van der Waals surface area contributed by atoms with E-state index in [1.165, 1.54) is 11.8 Å². The van der Waals surface area contributed by atoms with Gasteiger partial charge in [0.15, 0.2) is 5.69 Å². The zero-order valence-corrected chi connectivity index (χ0v) is 18.6. The van der Waals surface area contributed by atoms with E-state index in [9.17, 15) is 9.59 Å². The van der Waals surface area contributed by atoms with Gasteiger partial charge in [-0.2, -0.15) is 0 Å². The summed E-state index contributed by atoms with van der Waals surface area (Å²) < 4.78 is 18.0. The molecule has 2 aliphatic heterocycles. The molecule has 3 atom stereocenters. The Bertz CT molecular complexity index is 935. The topological polar surface area (TPSA) is 95.8 Å². The van der Waals surface area contributed by atoms with Gasteiger partial charge in [0.1, 0.15) is 24.3 Å². The van der Waals surface area contributed by atoms with Crippen LogP contribution in [-0.4, -0.2) is 68.7 Å². The fraction of sp³-hybridized carbons (Fsp3) is 0.524. The summed E-state index contributed by atoms with van der Waals surface area (Å²) in [6, 6.07) is 8.96. The first-order chi connectivity index (χ1) is 14.9. The van der Waals surface area contributed by atoms with Crippen LogP contribution in [0.25, 0.3) is 0 Å². The SMILES string of the molecule is CCOC(=O)[C@@H]1CSC(c2ccccc2)N1C(=O)c1cn(CC2OCOC2(C)C)nn1. The number of esters is 1. The highest BCUT2D eigenvalue weighted by Crippen LogP contribution is 2.42. The molecule has 31 heavy (non-hydrogen) atoms. The summed E-state index contributed by atoms with van der Waals surface area (Å²) in [4.78, 5) is 27.6. The van der Waals surface area contributed by atoms with Gasteiger partial charge in [0.25, 0.3) is 5.91 Å². The predicted molar refractivity (Wildman–Crippen MR) is 113 cm³/mol. The van der Waals surface area contributed by atoms with Gasteiger partial charge in [-0.3, -0.25) is 4.79 Å². The van der Waals surface area contributed by atoms with Crippen molar-refractivity contribution in [2.24, 2.45) is 0 Å². The minimum absolute atomic E-state index is 0.175. The highest BCUT2D eigenvalue weighted by Gasteiger charge is 2.44. The Morgan fingerprint density at radius 2 is 2.06 bits per heavy atom. The van der Waals surface area contributed by atoms with Gasteiger partial charge >= 0.3 is 5.97 Å². The lowest BCUT2D eigenvalue weighted by molar-refractivity contribution is -0.147. The average molecular weight is 447 g/mol. The third-order valence-corrected chi connectivity index (χ3v) is 6.79. The van der Waals surface area contributed by atoms with E-state index >= 15 is 0 Å². The molecular weight excluding hydrogens is 420 g/mol. The molecule has 2 aliphatic rings. The molecule has 4 rings (SSSR count). The van der Waals surface area contributed by atoms with Crippen molar-refractivity contribution in [2.45, 2.75) is 50.4 Å². The first kappa shape index (κ1) is 21.8. The van der Waals surface area contributed by atoms with Crippen molar-refractivity contribution in [3.8, 4) is 0 Å². The lowest BCUT2D eigenvalue weighted by Gasteiger charge is -2.27. The van der Waals surface area contributed by atoms with Crippen LogP contribution in [0.4, 0.5) is 0 Å². The number of carbonyl (C=O) groups excluding carboxylic acids is 2. The van der Waals surface area contributed by atoms with Crippen molar-refractivity contribution in [3.05, 3.63) is 47.8 Å². The Balaban J connectivity index is 1.57. The van der Waals surface area contributed by atoms with E-state index in [2.05, 4.69) is 10.3 Å². The first-order valence-electron chi connectivity index (χ1n) is 10.2. The summed E-state index contributed by atoms with van der Waals surface area (Å²) in [5.74, 6) is -0.307. The smallest absolute Gasteiger partial charge is 0.329 e. The number of hydrogen-bond donors (Lipinski definition) is 0. The molecular formula is C21H26N4O5S. The highest BCUT2D eigenvalue weighted by molar-refractivity contribution is 7.99. The van der Waals surface area contributed by atoms with Gasteiger partial charge in [0.05, 0.1) is 24.9 Å². The normalized spacial score (nSPS) is 25.0. The van der Waals surface area contributed by atoms with Gasteiger partial charge < -0.3 is 19.1 Å². The summed E-state index contributed by atoms with van der Waals surface area (Å²) in [6.45, 7) is 6.54. The second-order valence-corrected chi connectivity index (χ2v) is 9.04. The molecule has 0 saturated carbocycles. The van der Waals surface area contributed by atoms with Crippen molar-refractivity contribution >= 4 is 23.6 Å². The van der Waals surface area contributed by atoms with E-state index < -0.39 is 17.6 Å². The fourth-order valence-corrected chi connectivity index (χ4v) is 5.09. The molecule has 0 N–H and O–H groups in total. The molecule has 10 heteroatoms. The molecule has 166 valence electrons. The largest absolute Gasteiger partial charge is 0.464 e. The molecule has 1 amide bonds. The van der Waals surface area contributed by atoms with E-state index in [4.69, 9.17) is 14.2 Å². The van der Waals surface area contributed by atoms with Crippen LogP contribution in [0.15, 0.2) is 36.5 Å². The number of aromatic nitrogens is 3. The van der Waals surface area contributed by atoms with Crippen LogP contribution in [0, 0.1) is 0 Å². The fourth-order valence-electron chi connectivity index (χ4n) is 3.67. The van der Waals surface area contributed by atoms with E-state index in [1.54, 1.807) is 22.7 Å². The van der Waals surface area contributed by atoms with E-state index in [0.717, 1.165) is 5.56 Å². The maximum Gasteiger partial charge on any atom is 0.329 e. The number of rotatable bonds is 6. The third-order valence-electron chi connectivity index (χ3n) is 5.46. The summed E-state index contributed by atoms with van der Waals surface area (Å²) in [5.41, 5.74) is 0.669. The van der Waals surface area contributed by atoms with Crippen LogP contribution in [0.1, 0.15) is 42.2 Å². The Hall–Kier alpha value is -2.43. The van der Waals surface area contributed by atoms with Gasteiger partial charge in [-0.25, -0.2) is 9.48 Å². The first-order valence-corrected chi connectivity index (χ1v) is 11.3. The standard InChI is InChI=1S/C21H26N4O5S/c1-4-28-20(27)16-12-31-19(14-8-6-5-7-9-14)25(16)18(26)15-10-24(23-22-15)11-17-21(2,3)30-13-29-17/h5-10,16-17,19H,4,11-13H2,1-3H3/t16-,17?,19?/m0/s1. The van der Waals surface area contributed by atoms with E-state index in [1.807, 2.05) is 44.2 Å². The lowest BCUT2D eigenvalue weighted by Crippen LogP contribution is -2.44. The summed E-state index contributed by atoms with van der Waals surface area (Å²) in [6.07, 6.45) is 1.39. The number of amides is 1. The number of nitrogens with zero attached hydrogens (tertiary/aromatic N) is 4. The van der Waals surface area contributed by atoms with Crippen LogP contribution >= 0.6 is 11.8 Å². The summed E-state index contributed by atoms with van der Waals surface area (Å²) >= 11 is 1.53. The minimum atomic E-state index is -0.682. The van der Waals surface area contributed by atoms with Gasteiger partial charge in [-0.05, 0) is 26.3 Å². The second kappa shape index (κ2) is 8.97. The van der Waals surface area contributed by atoms with E-state index in [0.29, 0.717) is 12.3 Å². The van der Waals surface area contributed by atoms with Gasteiger partial charge in [0.2, 0.25) is 0 Å². The molecule has 0 aliphatic carbocycles. The van der Waals surface area contributed by atoms with Crippen molar-refractivity contribution in [3.63, 3.8) is 0 Å². The Morgan fingerprint density at radius 1 is 1.29 bits per heavy atom. The Kier molecular flexibility index (Phi) is 6.31. The average Bonchev–Trinajstić information content (AvgIpc) is 3.47. The van der Waals surface area contributed by atoms with Gasteiger partial charge in [-0.1, -0.05) is 35.5 Å². The van der Waals surface area contributed by atoms with Crippen molar-refractivity contribution in [2.75, 3.05) is 19.2 Å². The highest BCUT2D eigenvalue weighted by atomic mass is 32.2. The van der Waals surface area contributed by atoms with Gasteiger partial charge in [0, 0.05) is 5.75 Å². The Morgan fingerprint density at radius 3 is 2.74 bits per heavy atom. The number of thioether (sulfide) groups is 1. The van der Waals surface area contributed by atoms with Crippen LogP contribution in [0.2, 0.25) is 0 Å². The van der Waals surface area contributed by atoms with Crippen LogP contribution < -0.4 is 0 Å². The lowest BCUT2D eigenvalue weighted by atomic mass is 10.0. The number of hydrogen-bond acceptors (Lipinski definition) is 8. The number of carbonyl (C=O) groups is 2. The molecule has 0 radical (unpaired) electrons.